The summed E-state index contributed by atoms with van der Waals surface area (Å²) in [6.45, 7) is 4.88. The van der Waals surface area contributed by atoms with E-state index in [1.165, 1.54) is 12.4 Å². The summed E-state index contributed by atoms with van der Waals surface area (Å²) >= 11 is 0. The molecule has 3 aromatic heterocycles. The van der Waals surface area contributed by atoms with Gasteiger partial charge in [0.25, 0.3) is 0 Å². The van der Waals surface area contributed by atoms with Gasteiger partial charge in [0.2, 0.25) is 5.91 Å². The number of fused-ring (bicyclic) bond motifs is 1. The number of benzene rings is 1. The van der Waals surface area contributed by atoms with E-state index in [0.717, 1.165) is 28.6 Å². The number of nitrogens with zero attached hydrogens (tertiary/aromatic N) is 5. The topological polar surface area (TPSA) is 123 Å². The van der Waals surface area contributed by atoms with Crippen LogP contribution in [-0.2, 0) is 4.79 Å². The lowest BCUT2D eigenvalue weighted by Crippen LogP contribution is -2.26. The van der Waals surface area contributed by atoms with Crippen LogP contribution in [0.5, 0.6) is 11.8 Å². The Balaban J connectivity index is 1.53. The van der Waals surface area contributed by atoms with Crippen molar-refractivity contribution < 1.29 is 9.53 Å². The zero-order valence-corrected chi connectivity index (χ0v) is 17.2. The van der Waals surface area contributed by atoms with E-state index in [1.54, 1.807) is 23.4 Å². The second kappa shape index (κ2) is 8.10. The summed E-state index contributed by atoms with van der Waals surface area (Å²) < 4.78 is 5.71. The van der Waals surface area contributed by atoms with Gasteiger partial charge in [-0.3, -0.25) is 4.79 Å². The van der Waals surface area contributed by atoms with Crippen molar-refractivity contribution in [3.8, 4) is 22.9 Å². The number of aromatic nitrogens is 5. The highest BCUT2D eigenvalue weighted by Gasteiger charge is 2.31. The van der Waals surface area contributed by atoms with Crippen molar-refractivity contribution in [3.63, 3.8) is 0 Å². The minimum atomic E-state index is -0.0610. The Morgan fingerprint density at radius 2 is 1.97 bits per heavy atom. The molecule has 9 nitrogen and oxygen atoms in total. The maximum atomic E-state index is 12.1. The molecule has 0 radical (unpaired) electrons. The third-order valence-electron chi connectivity index (χ3n) is 5.63. The van der Waals surface area contributed by atoms with Gasteiger partial charge < -0.3 is 20.4 Å². The smallest absolute Gasteiger partial charge is 0.321 e. The van der Waals surface area contributed by atoms with Gasteiger partial charge in [-0.15, -0.1) is 0 Å². The maximum Gasteiger partial charge on any atom is 0.321 e. The molecule has 0 saturated carbocycles. The number of amides is 1. The first-order valence-corrected chi connectivity index (χ1v) is 10.2. The summed E-state index contributed by atoms with van der Waals surface area (Å²) in [5, 5.41) is 0.774. The highest BCUT2D eigenvalue weighted by atomic mass is 16.5. The molecule has 4 heterocycles. The number of nitrogens with two attached hydrogens (primary N) is 1. The Bertz CT molecular complexity index is 1290. The minimum absolute atomic E-state index is 0.0610. The van der Waals surface area contributed by atoms with Gasteiger partial charge in [-0.05, 0) is 36.3 Å². The molecule has 5 rings (SSSR count). The first kappa shape index (κ1) is 19.7. The minimum Gasteiger partial charge on any atom is -0.424 e. The molecular weight excluding hydrogens is 406 g/mol. The second-order valence-corrected chi connectivity index (χ2v) is 7.53. The SMILES string of the molecule is C=CC(=O)N1CC[C@@H](c2[nH]c3ncnc(N)c3c2-c2ccc(Oc3ncccn3)cc2)C1. The Morgan fingerprint density at radius 1 is 1.19 bits per heavy atom. The Morgan fingerprint density at radius 3 is 2.72 bits per heavy atom. The number of anilines is 1. The zero-order chi connectivity index (χ0) is 22.1. The predicted octanol–water partition coefficient (Wildman–Crippen LogP) is 3.29. The number of ether oxygens (including phenoxy) is 1. The number of H-pyrrole nitrogens is 1. The first-order valence-electron chi connectivity index (χ1n) is 10.2. The van der Waals surface area contributed by atoms with Crippen molar-refractivity contribution >= 4 is 22.8 Å². The van der Waals surface area contributed by atoms with Crippen LogP contribution in [0.15, 0.2) is 61.7 Å². The van der Waals surface area contributed by atoms with E-state index in [0.29, 0.717) is 30.3 Å². The number of nitrogen functional groups attached to an aromatic ring is 1. The number of aromatic amines is 1. The first-order chi connectivity index (χ1) is 15.6. The van der Waals surface area contributed by atoms with Crippen molar-refractivity contribution in [2.75, 3.05) is 18.8 Å². The van der Waals surface area contributed by atoms with Gasteiger partial charge in [0, 0.05) is 42.7 Å². The molecule has 0 unspecified atom stereocenters. The van der Waals surface area contributed by atoms with Crippen LogP contribution in [0.25, 0.3) is 22.2 Å². The van der Waals surface area contributed by atoms with Gasteiger partial charge in [0.15, 0.2) is 0 Å². The average molecular weight is 427 g/mol. The van der Waals surface area contributed by atoms with Gasteiger partial charge in [-0.2, -0.15) is 0 Å². The normalized spacial score (nSPS) is 15.8. The van der Waals surface area contributed by atoms with E-state index >= 15 is 0 Å². The van der Waals surface area contributed by atoms with Gasteiger partial charge in [0.1, 0.15) is 23.5 Å². The third-order valence-corrected chi connectivity index (χ3v) is 5.63. The Hall–Kier alpha value is -4.27. The average Bonchev–Trinajstić information content (AvgIpc) is 3.46. The molecule has 9 heteroatoms. The molecule has 1 amide bonds. The summed E-state index contributed by atoms with van der Waals surface area (Å²) in [5.74, 6) is 1.09. The fourth-order valence-corrected chi connectivity index (χ4v) is 4.13. The molecule has 0 aliphatic carbocycles. The molecule has 1 saturated heterocycles. The summed E-state index contributed by atoms with van der Waals surface area (Å²) in [7, 11) is 0. The fraction of sp³-hybridized carbons (Fsp3) is 0.174. The number of likely N-dealkylation sites (tertiary alicyclic amines) is 1. The molecule has 1 atom stereocenters. The predicted molar refractivity (Wildman–Crippen MR) is 120 cm³/mol. The van der Waals surface area contributed by atoms with Gasteiger partial charge in [-0.25, -0.2) is 19.9 Å². The molecule has 3 N–H and O–H groups in total. The second-order valence-electron chi connectivity index (χ2n) is 7.53. The molecule has 160 valence electrons. The molecule has 4 aromatic rings. The number of hydrogen-bond donors (Lipinski definition) is 2. The van der Waals surface area contributed by atoms with Crippen molar-refractivity contribution in [1.29, 1.82) is 0 Å². The van der Waals surface area contributed by atoms with Crippen LogP contribution in [0.3, 0.4) is 0 Å². The van der Waals surface area contributed by atoms with Crippen LogP contribution >= 0.6 is 0 Å². The summed E-state index contributed by atoms with van der Waals surface area (Å²) in [4.78, 5) is 34.1. The van der Waals surface area contributed by atoms with Gasteiger partial charge in [0.05, 0.1) is 5.39 Å². The highest BCUT2D eigenvalue weighted by molar-refractivity contribution is 6.02. The lowest BCUT2D eigenvalue weighted by molar-refractivity contribution is -0.125. The van der Waals surface area contributed by atoms with Crippen LogP contribution in [-0.4, -0.2) is 48.8 Å². The standard InChI is InChI=1S/C23H21N7O2/c1-2-17(31)30-11-8-15(12-30)20-18(19-21(24)27-13-28-22(19)29-20)14-4-6-16(7-5-14)32-23-25-9-3-10-26-23/h2-7,9-10,13,15H,1,8,11-12H2,(H3,24,27,28,29)/t15-/m1/s1. The highest BCUT2D eigenvalue weighted by Crippen LogP contribution is 2.41. The summed E-state index contributed by atoms with van der Waals surface area (Å²) in [5.41, 5.74) is 9.80. The lowest BCUT2D eigenvalue weighted by Gasteiger charge is -2.15. The van der Waals surface area contributed by atoms with E-state index in [4.69, 9.17) is 10.5 Å². The number of hydrogen-bond acceptors (Lipinski definition) is 7. The largest absolute Gasteiger partial charge is 0.424 e. The Labute approximate surface area is 184 Å². The maximum absolute atomic E-state index is 12.1. The molecule has 0 spiro atoms. The lowest BCUT2D eigenvalue weighted by atomic mass is 9.95. The van der Waals surface area contributed by atoms with Crippen LogP contribution in [0.2, 0.25) is 0 Å². The monoisotopic (exact) mass is 427 g/mol. The number of rotatable bonds is 5. The molecule has 1 aliphatic rings. The van der Waals surface area contributed by atoms with E-state index < -0.39 is 0 Å². The van der Waals surface area contributed by atoms with Crippen molar-refractivity contribution in [3.05, 3.63) is 67.4 Å². The number of carbonyl (C=O) groups is 1. The number of nitrogens with one attached hydrogen (secondary N) is 1. The van der Waals surface area contributed by atoms with Crippen molar-refractivity contribution in [2.45, 2.75) is 12.3 Å². The molecule has 0 bridgehead atoms. The van der Waals surface area contributed by atoms with Crippen molar-refractivity contribution in [2.24, 2.45) is 0 Å². The number of carbonyl (C=O) groups excluding carboxylic acids is 1. The van der Waals surface area contributed by atoms with Crippen LogP contribution in [0.1, 0.15) is 18.0 Å². The van der Waals surface area contributed by atoms with E-state index in [9.17, 15) is 4.79 Å². The summed E-state index contributed by atoms with van der Waals surface area (Å²) in [6.07, 6.45) is 6.88. The molecule has 1 aromatic carbocycles. The fourth-order valence-electron chi connectivity index (χ4n) is 4.13. The molecular formula is C23H21N7O2. The Kier molecular flexibility index (Phi) is 4.98. The van der Waals surface area contributed by atoms with Crippen LogP contribution < -0.4 is 10.5 Å². The third kappa shape index (κ3) is 3.53. The van der Waals surface area contributed by atoms with E-state index in [1.807, 2.05) is 24.3 Å². The van der Waals surface area contributed by atoms with E-state index in [-0.39, 0.29) is 17.8 Å². The molecule has 32 heavy (non-hydrogen) atoms. The van der Waals surface area contributed by atoms with Crippen LogP contribution in [0.4, 0.5) is 5.82 Å². The van der Waals surface area contributed by atoms with Gasteiger partial charge >= 0.3 is 6.01 Å². The van der Waals surface area contributed by atoms with Gasteiger partial charge in [-0.1, -0.05) is 18.7 Å². The van der Waals surface area contributed by atoms with Crippen LogP contribution in [0, 0.1) is 0 Å². The molecule has 1 fully saturated rings. The molecule has 1 aliphatic heterocycles. The summed E-state index contributed by atoms with van der Waals surface area (Å²) in [6, 6.07) is 9.64. The van der Waals surface area contributed by atoms with E-state index in [2.05, 4.69) is 31.5 Å². The quantitative estimate of drug-likeness (QED) is 0.469. The van der Waals surface area contributed by atoms with Crippen molar-refractivity contribution in [1.82, 2.24) is 29.8 Å². The zero-order valence-electron chi connectivity index (χ0n) is 17.2.